The van der Waals surface area contributed by atoms with Crippen LogP contribution in [0.3, 0.4) is 0 Å². The van der Waals surface area contributed by atoms with Gasteiger partial charge in [-0.2, -0.15) is 0 Å². The molecule has 1 aliphatic rings. The summed E-state index contributed by atoms with van der Waals surface area (Å²) in [5.74, 6) is -1.29. The smallest absolute Gasteiger partial charge is 0.350 e. The Morgan fingerprint density at radius 2 is 1.85 bits per heavy atom. The Hall–Kier alpha value is -2.12. The number of rotatable bonds is 9. The lowest BCUT2D eigenvalue weighted by Crippen LogP contribution is -2.41. The molecule has 1 atom stereocenters. The molecule has 0 bridgehead atoms. The van der Waals surface area contributed by atoms with E-state index in [0.717, 1.165) is 30.8 Å². The first-order valence-electron chi connectivity index (χ1n) is 8.69. The number of hydrogen-bond donors (Lipinski definition) is 1. The molecule has 1 heterocycles. The van der Waals surface area contributed by atoms with E-state index in [9.17, 15) is 14.4 Å². The van der Waals surface area contributed by atoms with Gasteiger partial charge in [-0.25, -0.2) is 4.79 Å². The van der Waals surface area contributed by atoms with Gasteiger partial charge >= 0.3 is 5.97 Å². The largest absolute Gasteiger partial charge is 0.370 e. The first-order chi connectivity index (χ1) is 12.5. The van der Waals surface area contributed by atoms with E-state index in [0.29, 0.717) is 10.9 Å². The predicted octanol–water partition coefficient (Wildman–Crippen LogP) is 1.62. The SMILES string of the molecule is CCCN(CCCl)c1ccc(CC(N)C(=O)ON2C(=O)CCC2=O)cc1. The van der Waals surface area contributed by atoms with Gasteiger partial charge in [0.2, 0.25) is 0 Å². The van der Waals surface area contributed by atoms with Crippen LogP contribution in [0.25, 0.3) is 0 Å². The zero-order valence-electron chi connectivity index (χ0n) is 14.8. The molecule has 1 aromatic carbocycles. The average molecular weight is 382 g/mol. The molecule has 0 radical (unpaired) electrons. The summed E-state index contributed by atoms with van der Waals surface area (Å²) in [6, 6.07) is 6.75. The normalized spacial score (nSPS) is 15.3. The van der Waals surface area contributed by atoms with Gasteiger partial charge in [-0.3, -0.25) is 9.59 Å². The number of carbonyl (C=O) groups is 3. The molecule has 2 rings (SSSR count). The summed E-state index contributed by atoms with van der Waals surface area (Å²) in [5, 5.41) is 0.514. The zero-order chi connectivity index (χ0) is 19.1. The lowest BCUT2D eigenvalue weighted by molar-refractivity contribution is -0.198. The molecule has 1 aromatic rings. The first kappa shape index (κ1) is 20.2. The van der Waals surface area contributed by atoms with Crippen LogP contribution >= 0.6 is 11.6 Å². The summed E-state index contributed by atoms with van der Waals surface area (Å²) in [6.07, 6.45) is 1.38. The summed E-state index contributed by atoms with van der Waals surface area (Å²) in [6.45, 7) is 3.78. The van der Waals surface area contributed by atoms with Gasteiger partial charge in [0.05, 0.1) is 0 Å². The van der Waals surface area contributed by atoms with E-state index in [4.69, 9.17) is 22.2 Å². The maximum atomic E-state index is 12.0. The molecule has 0 spiro atoms. The minimum absolute atomic E-state index is 0.0549. The van der Waals surface area contributed by atoms with Crippen LogP contribution in [0, 0.1) is 0 Å². The van der Waals surface area contributed by atoms with Crippen molar-refractivity contribution in [1.82, 2.24) is 5.06 Å². The Kier molecular flexibility index (Phi) is 7.41. The van der Waals surface area contributed by atoms with Gasteiger partial charge in [0.25, 0.3) is 11.8 Å². The van der Waals surface area contributed by atoms with Crippen molar-refractivity contribution in [1.29, 1.82) is 0 Å². The number of hydrogen-bond acceptors (Lipinski definition) is 6. The molecule has 0 saturated carbocycles. The van der Waals surface area contributed by atoms with Crippen molar-refractivity contribution in [2.24, 2.45) is 5.73 Å². The number of nitrogens with zero attached hydrogens (tertiary/aromatic N) is 2. The topological polar surface area (TPSA) is 92.9 Å². The molecule has 8 heteroatoms. The van der Waals surface area contributed by atoms with Gasteiger partial charge in [0, 0.05) is 37.5 Å². The fourth-order valence-corrected chi connectivity index (χ4v) is 2.94. The number of benzene rings is 1. The van der Waals surface area contributed by atoms with Crippen LogP contribution in [0.4, 0.5) is 5.69 Å². The second-order valence-corrected chi connectivity index (χ2v) is 6.52. The molecule has 7 nitrogen and oxygen atoms in total. The van der Waals surface area contributed by atoms with Crippen molar-refractivity contribution >= 4 is 35.1 Å². The third-order valence-electron chi connectivity index (χ3n) is 4.09. The number of imide groups is 1. The molecular formula is C18H24ClN3O4. The number of halogens is 1. The van der Waals surface area contributed by atoms with Gasteiger partial charge in [0.1, 0.15) is 6.04 Å². The van der Waals surface area contributed by atoms with Crippen molar-refractivity contribution in [3.63, 3.8) is 0 Å². The highest BCUT2D eigenvalue weighted by Gasteiger charge is 2.34. The summed E-state index contributed by atoms with van der Waals surface area (Å²) in [4.78, 5) is 42.0. The van der Waals surface area contributed by atoms with Crippen LogP contribution in [0.5, 0.6) is 0 Å². The molecule has 2 amide bonds. The highest BCUT2D eigenvalue weighted by molar-refractivity contribution is 6.18. The van der Waals surface area contributed by atoms with Crippen molar-refractivity contribution < 1.29 is 19.2 Å². The quantitative estimate of drug-likeness (QED) is 0.516. The van der Waals surface area contributed by atoms with Crippen molar-refractivity contribution in [3.8, 4) is 0 Å². The summed E-state index contributed by atoms with van der Waals surface area (Å²) >= 11 is 5.85. The fraction of sp³-hybridized carbons (Fsp3) is 0.500. The van der Waals surface area contributed by atoms with Crippen LogP contribution in [0.1, 0.15) is 31.7 Å². The number of hydroxylamine groups is 2. The summed E-state index contributed by atoms with van der Waals surface area (Å²) in [5.41, 5.74) is 7.78. The number of carbonyl (C=O) groups excluding carboxylic acids is 3. The van der Waals surface area contributed by atoms with E-state index >= 15 is 0 Å². The summed E-state index contributed by atoms with van der Waals surface area (Å²) in [7, 11) is 0. The molecule has 1 aliphatic heterocycles. The van der Waals surface area contributed by atoms with Crippen molar-refractivity contribution in [3.05, 3.63) is 29.8 Å². The Labute approximate surface area is 158 Å². The van der Waals surface area contributed by atoms with E-state index in [-0.39, 0.29) is 19.3 Å². The molecule has 0 aromatic heterocycles. The number of alkyl halides is 1. The van der Waals surface area contributed by atoms with Gasteiger partial charge in [0.15, 0.2) is 0 Å². The molecular weight excluding hydrogens is 358 g/mol. The van der Waals surface area contributed by atoms with Gasteiger partial charge in [-0.15, -0.1) is 16.7 Å². The van der Waals surface area contributed by atoms with Gasteiger partial charge < -0.3 is 15.5 Å². The second kappa shape index (κ2) is 9.54. The highest BCUT2D eigenvalue weighted by Crippen LogP contribution is 2.17. The molecule has 1 saturated heterocycles. The molecule has 142 valence electrons. The third kappa shape index (κ3) is 5.19. The first-order valence-corrected chi connectivity index (χ1v) is 9.22. The van der Waals surface area contributed by atoms with Gasteiger partial charge in [-0.1, -0.05) is 19.1 Å². The molecule has 0 aliphatic carbocycles. The number of amides is 2. The standard InChI is InChI=1S/C18H24ClN3O4/c1-2-10-21(11-9-19)14-5-3-13(4-6-14)12-15(20)18(25)26-22-16(23)7-8-17(22)24/h3-6,15H,2,7-12,20H2,1H3. The average Bonchev–Trinajstić information content (AvgIpc) is 2.94. The fourth-order valence-electron chi connectivity index (χ4n) is 2.74. The Bertz CT molecular complexity index is 628. The maximum Gasteiger partial charge on any atom is 0.350 e. The Morgan fingerprint density at radius 3 is 2.38 bits per heavy atom. The van der Waals surface area contributed by atoms with E-state index in [1.807, 2.05) is 24.3 Å². The van der Waals surface area contributed by atoms with Gasteiger partial charge in [-0.05, 0) is 30.5 Å². The van der Waals surface area contributed by atoms with E-state index in [1.165, 1.54) is 0 Å². The molecule has 1 unspecified atom stereocenters. The monoisotopic (exact) mass is 381 g/mol. The minimum Gasteiger partial charge on any atom is -0.370 e. The highest BCUT2D eigenvalue weighted by atomic mass is 35.5. The second-order valence-electron chi connectivity index (χ2n) is 6.15. The van der Waals surface area contributed by atoms with E-state index in [1.54, 1.807) is 0 Å². The molecule has 2 N–H and O–H groups in total. The lowest BCUT2D eigenvalue weighted by Gasteiger charge is -2.23. The predicted molar refractivity (Wildman–Crippen MR) is 98.5 cm³/mol. The third-order valence-corrected chi connectivity index (χ3v) is 4.26. The number of nitrogens with two attached hydrogens (primary N) is 1. The van der Waals surface area contributed by atoms with Crippen molar-refractivity contribution in [2.75, 3.05) is 23.9 Å². The summed E-state index contributed by atoms with van der Waals surface area (Å²) < 4.78 is 0. The van der Waals surface area contributed by atoms with Crippen molar-refractivity contribution in [2.45, 2.75) is 38.6 Å². The van der Waals surface area contributed by atoms with Crippen LogP contribution in [0.2, 0.25) is 0 Å². The zero-order valence-corrected chi connectivity index (χ0v) is 15.6. The number of anilines is 1. The lowest BCUT2D eigenvalue weighted by atomic mass is 10.1. The Balaban J connectivity index is 1.93. The molecule has 1 fully saturated rings. The molecule has 26 heavy (non-hydrogen) atoms. The maximum absolute atomic E-state index is 12.0. The minimum atomic E-state index is -0.961. The van der Waals surface area contributed by atoms with E-state index in [2.05, 4.69) is 11.8 Å². The Morgan fingerprint density at radius 1 is 1.23 bits per heavy atom. The van der Waals surface area contributed by atoms with E-state index < -0.39 is 23.8 Å². The van der Waals surface area contributed by atoms with Crippen LogP contribution in [-0.2, 0) is 25.6 Å². The van der Waals surface area contributed by atoms with Crippen LogP contribution in [-0.4, -0.2) is 47.9 Å². The van der Waals surface area contributed by atoms with Crippen LogP contribution < -0.4 is 10.6 Å². The van der Waals surface area contributed by atoms with Crippen LogP contribution in [0.15, 0.2) is 24.3 Å².